The van der Waals surface area contributed by atoms with E-state index in [-0.39, 0.29) is 5.91 Å². The number of alkyl halides is 1. The minimum Gasteiger partial charge on any atom is -0.372 e. The highest BCUT2D eigenvalue weighted by Crippen LogP contribution is 2.19. The predicted octanol–water partition coefficient (Wildman–Crippen LogP) is 3.10. The van der Waals surface area contributed by atoms with Crippen molar-refractivity contribution >= 4 is 28.9 Å². The minimum absolute atomic E-state index is 0.177. The van der Waals surface area contributed by atoms with Crippen LogP contribution in [-0.4, -0.2) is 24.4 Å². The van der Waals surface area contributed by atoms with E-state index >= 15 is 0 Å². The number of hydrogen-bond donors (Lipinski definition) is 1. The Hall–Kier alpha value is -1.22. The molecule has 0 fully saturated rings. The lowest BCUT2D eigenvalue weighted by molar-refractivity contribution is -0.115. The average Bonchev–Trinajstić information content (AvgIpc) is 2.31. The number of rotatable bonds is 5. The van der Waals surface area contributed by atoms with E-state index in [1.165, 1.54) is 0 Å². The van der Waals surface area contributed by atoms with Gasteiger partial charge in [-0.15, -0.1) is 11.6 Å². The van der Waals surface area contributed by atoms with E-state index in [1.807, 2.05) is 24.3 Å². The molecule has 1 atom stereocenters. The summed E-state index contributed by atoms with van der Waals surface area (Å²) in [6, 6.07) is 7.79. The molecule has 0 aliphatic heterocycles. The van der Waals surface area contributed by atoms with Crippen molar-refractivity contribution in [1.82, 2.24) is 0 Å². The quantitative estimate of drug-likeness (QED) is 0.819. The van der Waals surface area contributed by atoms with E-state index in [2.05, 4.69) is 24.1 Å². The van der Waals surface area contributed by atoms with Crippen LogP contribution < -0.4 is 10.2 Å². The zero-order chi connectivity index (χ0) is 12.8. The summed E-state index contributed by atoms with van der Waals surface area (Å²) in [5.41, 5.74) is 1.89. The normalized spacial score (nSPS) is 12.0. The van der Waals surface area contributed by atoms with Gasteiger partial charge in [0.25, 0.3) is 0 Å². The Morgan fingerprint density at radius 3 is 2.59 bits per heavy atom. The first-order valence-corrected chi connectivity index (χ1v) is 6.32. The van der Waals surface area contributed by atoms with Crippen molar-refractivity contribution in [3.63, 3.8) is 0 Å². The van der Waals surface area contributed by atoms with Crippen LogP contribution in [0.3, 0.4) is 0 Å². The summed E-state index contributed by atoms with van der Waals surface area (Å²) in [6.45, 7) is 7.76. The van der Waals surface area contributed by atoms with Gasteiger partial charge in [0.05, 0.1) is 0 Å². The smallest absolute Gasteiger partial charge is 0.242 e. The third-order valence-electron chi connectivity index (χ3n) is 2.60. The number of carbonyl (C=O) groups excluding carboxylic acids is 1. The molecule has 1 aromatic rings. The van der Waals surface area contributed by atoms with Gasteiger partial charge in [0.15, 0.2) is 0 Å². The van der Waals surface area contributed by atoms with Crippen LogP contribution in [0.4, 0.5) is 11.4 Å². The molecule has 0 saturated carbocycles. The molecule has 94 valence electrons. The summed E-state index contributed by atoms with van der Waals surface area (Å²) in [4.78, 5) is 13.7. The second-order valence-corrected chi connectivity index (χ2v) is 4.48. The first kappa shape index (κ1) is 13.8. The molecule has 0 aliphatic rings. The maximum Gasteiger partial charge on any atom is 0.242 e. The number of amides is 1. The lowest BCUT2D eigenvalue weighted by Crippen LogP contribution is -2.23. The fourth-order valence-electron chi connectivity index (χ4n) is 1.61. The van der Waals surface area contributed by atoms with Crippen LogP contribution in [-0.2, 0) is 4.79 Å². The Labute approximate surface area is 108 Å². The molecule has 0 aromatic heterocycles. The summed E-state index contributed by atoms with van der Waals surface area (Å²) in [6.07, 6.45) is 0. The Morgan fingerprint density at radius 2 is 2.06 bits per heavy atom. The Bertz CT molecular complexity index is 375. The minimum atomic E-state index is -0.521. The summed E-state index contributed by atoms with van der Waals surface area (Å²) in [5, 5.41) is 2.27. The summed E-state index contributed by atoms with van der Waals surface area (Å²) >= 11 is 5.71. The molecule has 1 N–H and O–H groups in total. The fourth-order valence-corrected chi connectivity index (χ4v) is 1.67. The number of hydrogen-bond acceptors (Lipinski definition) is 2. The molecule has 3 nitrogen and oxygen atoms in total. The monoisotopic (exact) mass is 254 g/mol. The van der Waals surface area contributed by atoms with Crippen molar-refractivity contribution < 1.29 is 4.79 Å². The molecule has 0 saturated heterocycles. The van der Waals surface area contributed by atoms with Crippen LogP contribution in [0.2, 0.25) is 0 Å². The van der Waals surface area contributed by atoms with Gasteiger partial charge in [0.1, 0.15) is 5.38 Å². The maximum absolute atomic E-state index is 11.5. The van der Waals surface area contributed by atoms with Gasteiger partial charge in [-0.1, -0.05) is 6.07 Å². The van der Waals surface area contributed by atoms with Gasteiger partial charge in [-0.2, -0.15) is 0 Å². The average molecular weight is 255 g/mol. The second-order valence-electron chi connectivity index (χ2n) is 3.83. The van der Waals surface area contributed by atoms with E-state index in [4.69, 9.17) is 11.6 Å². The zero-order valence-corrected chi connectivity index (χ0v) is 11.3. The highest BCUT2D eigenvalue weighted by molar-refractivity contribution is 6.32. The Kier molecular flexibility index (Phi) is 5.29. The van der Waals surface area contributed by atoms with Crippen LogP contribution in [0.15, 0.2) is 24.3 Å². The SMILES string of the molecule is CCN(CC)c1cccc(NC(=O)C(C)Cl)c1. The number of nitrogens with zero attached hydrogens (tertiary/aromatic N) is 1. The number of anilines is 2. The second kappa shape index (κ2) is 6.50. The molecule has 0 bridgehead atoms. The zero-order valence-electron chi connectivity index (χ0n) is 10.5. The van der Waals surface area contributed by atoms with Crippen LogP contribution in [0, 0.1) is 0 Å². The fraction of sp³-hybridized carbons (Fsp3) is 0.462. The van der Waals surface area contributed by atoms with Crippen molar-refractivity contribution in [1.29, 1.82) is 0 Å². The van der Waals surface area contributed by atoms with Gasteiger partial charge in [-0.3, -0.25) is 4.79 Å². The summed E-state index contributed by atoms with van der Waals surface area (Å²) < 4.78 is 0. The molecule has 17 heavy (non-hydrogen) atoms. The molecule has 1 amide bonds. The third kappa shape index (κ3) is 3.93. The van der Waals surface area contributed by atoms with Crippen LogP contribution >= 0.6 is 11.6 Å². The van der Waals surface area contributed by atoms with E-state index < -0.39 is 5.38 Å². The summed E-state index contributed by atoms with van der Waals surface area (Å²) in [7, 11) is 0. The first-order chi connectivity index (χ1) is 8.08. The molecule has 1 rings (SSSR count). The molecule has 1 unspecified atom stereocenters. The molecule has 4 heteroatoms. The Balaban J connectivity index is 2.82. The molecule has 0 aliphatic carbocycles. The lowest BCUT2D eigenvalue weighted by atomic mass is 10.2. The Morgan fingerprint density at radius 1 is 1.41 bits per heavy atom. The van der Waals surface area contributed by atoms with Gasteiger partial charge in [-0.25, -0.2) is 0 Å². The maximum atomic E-state index is 11.5. The largest absolute Gasteiger partial charge is 0.372 e. The molecular weight excluding hydrogens is 236 g/mol. The molecule has 0 radical (unpaired) electrons. The molecular formula is C13H19ClN2O. The van der Waals surface area contributed by atoms with Crippen LogP contribution in [0.5, 0.6) is 0 Å². The standard InChI is InChI=1S/C13H19ClN2O/c1-4-16(5-2)12-8-6-7-11(9-12)15-13(17)10(3)14/h6-10H,4-5H2,1-3H3,(H,15,17). The van der Waals surface area contributed by atoms with E-state index in [0.717, 1.165) is 24.5 Å². The number of halogens is 1. The van der Waals surface area contributed by atoms with Gasteiger partial charge < -0.3 is 10.2 Å². The van der Waals surface area contributed by atoms with Gasteiger partial charge >= 0.3 is 0 Å². The molecule has 1 aromatic carbocycles. The van der Waals surface area contributed by atoms with E-state index in [1.54, 1.807) is 6.92 Å². The van der Waals surface area contributed by atoms with Gasteiger partial charge in [0, 0.05) is 24.5 Å². The van der Waals surface area contributed by atoms with Crippen LogP contribution in [0.25, 0.3) is 0 Å². The third-order valence-corrected chi connectivity index (χ3v) is 2.80. The van der Waals surface area contributed by atoms with Crippen molar-refractivity contribution in [3.8, 4) is 0 Å². The van der Waals surface area contributed by atoms with Gasteiger partial charge in [-0.05, 0) is 39.0 Å². The first-order valence-electron chi connectivity index (χ1n) is 5.88. The molecule has 0 spiro atoms. The summed E-state index contributed by atoms with van der Waals surface area (Å²) in [5.74, 6) is -0.177. The van der Waals surface area contributed by atoms with E-state index in [9.17, 15) is 4.79 Å². The van der Waals surface area contributed by atoms with Crippen molar-refractivity contribution in [3.05, 3.63) is 24.3 Å². The predicted molar refractivity (Wildman–Crippen MR) is 73.9 cm³/mol. The van der Waals surface area contributed by atoms with Crippen molar-refractivity contribution in [2.75, 3.05) is 23.3 Å². The number of nitrogens with one attached hydrogen (secondary N) is 1. The van der Waals surface area contributed by atoms with Crippen molar-refractivity contribution in [2.45, 2.75) is 26.1 Å². The van der Waals surface area contributed by atoms with E-state index in [0.29, 0.717) is 0 Å². The van der Waals surface area contributed by atoms with Gasteiger partial charge in [0.2, 0.25) is 5.91 Å². The number of carbonyl (C=O) groups is 1. The van der Waals surface area contributed by atoms with Crippen LogP contribution in [0.1, 0.15) is 20.8 Å². The highest BCUT2D eigenvalue weighted by Gasteiger charge is 2.09. The van der Waals surface area contributed by atoms with Crippen molar-refractivity contribution in [2.24, 2.45) is 0 Å². The highest BCUT2D eigenvalue weighted by atomic mass is 35.5. The topological polar surface area (TPSA) is 32.3 Å². The molecule has 0 heterocycles. The number of benzene rings is 1. The lowest BCUT2D eigenvalue weighted by Gasteiger charge is -2.21.